The fourth-order valence-corrected chi connectivity index (χ4v) is 3.77. The Kier molecular flexibility index (Phi) is 5.07. The maximum Gasteiger partial charge on any atom is 0.273 e. The summed E-state index contributed by atoms with van der Waals surface area (Å²) >= 11 is 12.6. The first-order valence-electron chi connectivity index (χ1n) is 8.79. The number of aryl methyl sites for hydroxylation is 1. The summed E-state index contributed by atoms with van der Waals surface area (Å²) in [5, 5.41) is 16.4. The van der Waals surface area contributed by atoms with Gasteiger partial charge >= 0.3 is 0 Å². The second-order valence-corrected chi connectivity index (χ2v) is 7.45. The fraction of sp³-hybridized carbons (Fsp3) is 0.0909. The van der Waals surface area contributed by atoms with E-state index < -0.39 is 6.04 Å². The van der Waals surface area contributed by atoms with Crippen LogP contribution in [-0.2, 0) is 0 Å². The fourth-order valence-electron chi connectivity index (χ4n) is 3.26. The van der Waals surface area contributed by atoms with E-state index in [1.54, 1.807) is 18.3 Å². The molecule has 0 saturated heterocycles. The summed E-state index contributed by atoms with van der Waals surface area (Å²) in [7, 11) is 0. The van der Waals surface area contributed by atoms with E-state index in [-0.39, 0.29) is 5.75 Å². The molecule has 2 aromatic heterocycles. The summed E-state index contributed by atoms with van der Waals surface area (Å²) in [4.78, 5) is 7.52. The van der Waals surface area contributed by atoms with Gasteiger partial charge in [0.25, 0.3) is 5.82 Å². The van der Waals surface area contributed by atoms with Gasteiger partial charge in [-0.1, -0.05) is 41.4 Å². The van der Waals surface area contributed by atoms with Crippen molar-refractivity contribution in [2.75, 3.05) is 5.32 Å². The number of hydrogen-bond donors (Lipinski definition) is 2. The third kappa shape index (κ3) is 3.61. The van der Waals surface area contributed by atoms with Gasteiger partial charge in [0.2, 0.25) is 0 Å². The zero-order valence-electron chi connectivity index (χ0n) is 15.1. The van der Waals surface area contributed by atoms with Crippen molar-refractivity contribution in [3.8, 4) is 5.75 Å². The van der Waals surface area contributed by atoms with Crippen molar-refractivity contribution < 1.29 is 10.1 Å². The lowest BCUT2D eigenvalue weighted by molar-refractivity contribution is -0.361. The number of aromatic amines is 1. The normalized spacial score (nSPS) is 12.1. The van der Waals surface area contributed by atoms with Crippen molar-refractivity contribution in [2.24, 2.45) is 0 Å². The first-order valence-corrected chi connectivity index (χ1v) is 9.55. The molecule has 3 N–H and O–H groups in total. The van der Waals surface area contributed by atoms with Gasteiger partial charge in [0, 0.05) is 38.8 Å². The molecule has 1 atom stereocenters. The van der Waals surface area contributed by atoms with Crippen molar-refractivity contribution in [1.29, 1.82) is 0 Å². The highest BCUT2D eigenvalue weighted by atomic mass is 35.5. The van der Waals surface area contributed by atoms with E-state index in [2.05, 4.69) is 15.3 Å². The number of aromatic nitrogens is 2. The van der Waals surface area contributed by atoms with Gasteiger partial charge in [-0.2, -0.15) is 0 Å². The number of fused-ring (bicyclic) bond motifs is 1. The number of pyridine rings is 2. The number of phenols is 1. The highest BCUT2D eigenvalue weighted by Crippen LogP contribution is 2.38. The molecule has 0 aliphatic rings. The second kappa shape index (κ2) is 7.66. The number of hydrogen-bond acceptors (Lipinski definition) is 3. The van der Waals surface area contributed by atoms with Crippen molar-refractivity contribution in [3.05, 3.63) is 93.7 Å². The summed E-state index contributed by atoms with van der Waals surface area (Å²) in [5.74, 6) is 0.922. The summed E-state index contributed by atoms with van der Waals surface area (Å²) in [6.45, 7) is 2.01. The monoisotopic (exact) mass is 410 g/mol. The Morgan fingerprint density at radius 3 is 2.64 bits per heavy atom. The van der Waals surface area contributed by atoms with E-state index in [0.29, 0.717) is 21.1 Å². The van der Waals surface area contributed by atoms with Crippen LogP contribution in [0.2, 0.25) is 10.0 Å². The van der Waals surface area contributed by atoms with E-state index in [0.717, 1.165) is 22.3 Å². The first-order chi connectivity index (χ1) is 13.5. The minimum Gasteiger partial charge on any atom is -0.505 e. The van der Waals surface area contributed by atoms with Gasteiger partial charge in [-0.15, -0.1) is 0 Å². The van der Waals surface area contributed by atoms with Gasteiger partial charge in [-0.05, 0) is 42.8 Å². The van der Waals surface area contributed by atoms with E-state index in [1.807, 2.05) is 55.6 Å². The molecular weight excluding hydrogens is 393 g/mol. The summed E-state index contributed by atoms with van der Waals surface area (Å²) in [6, 6.07) is 16.5. The topological polar surface area (TPSA) is 59.3 Å². The number of rotatable bonds is 4. The number of benzene rings is 2. The van der Waals surface area contributed by atoms with Crippen LogP contribution in [0, 0.1) is 6.92 Å². The van der Waals surface area contributed by atoms with Crippen LogP contribution in [0.15, 0.2) is 67.0 Å². The van der Waals surface area contributed by atoms with Gasteiger partial charge in [-0.25, -0.2) is 4.98 Å². The zero-order valence-corrected chi connectivity index (χ0v) is 16.6. The Bertz CT molecular complexity index is 1160. The van der Waals surface area contributed by atoms with Crippen molar-refractivity contribution >= 4 is 39.9 Å². The number of nitrogens with zero attached hydrogens (tertiary/aromatic N) is 1. The number of halogens is 2. The van der Waals surface area contributed by atoms with Crippen molar-refractivity contribution in [3.63, 3.8) is 0 Å². The minimum absolute atomic E-state index is 0.120. The lowest BCUT2D eigenvalue weighted by atomic mass is 9.96. The maximum atomic E-state index is 11.0. The van der Waals surface area contributed by atoms with Gasteiger partial charge in [0.05, 0.1) is 6.20 Å². The van der Waals surface area contributed by atoms with Gasteiger partial charge in [-0.3, -0.25) is 10.3 Å². The Morgan fingerprint density at radius 2 is 1.86 bits per heavy atom. The van der Waals surface area contributed by atoms with Crippen LogP contribution in [-0.4, -0.2) is 10.1 Å². The Morgan fingerprint density at radius 1 is 1.04 bits per heavy atom. The molecule has 0 aliphatic carbocycles. The van der Waals surface area contributed by atoms with Crippen LogP contribution in [0.3, 0.4) is 0 Å². The predicted molar refractivity (Wildman–Crippen MR) is 113 cm³/mol. The molecule has 0 amide bonds. The van der Waals surface area contributed by atoms with Gasteiger partial charge in [0.15, 0.2) is 0 Å². The minimum atomic E-state index is -0.408. The maximum absolute atomic E-state index is 11.0. The van der Waals surface area contributed by atoms with E-state index in [4.69, 9.17) is 23.2 Å². The molecular formula is C22H18Cl2N3O+. The molecule has 4 rings (SSSR count). The third-order valence-corrected chi connectivity index (χ3v) is 5.18. The van der Waals surface area contributed by atoms with E-state index in [1.165, 1.54) is 0 Å². The number of anilines is 1. The van der Waals surface area contributed by atoms with Crippen LogP contribution in [0.1, 0.15) is 22.7 Å². The van der Waals surface area contributed by atoms with Crippen LogP contribution < -0.4 is 10.3 Å². The Hall–Kier alpha value is -2.82. The zero-order chi connectivity index (χ0) is 19.7. The molecule has 6 heteroatoms. The quantitative estimate of drug-likeness (QED) is 0.462. The smallest absolute Gasteiger partial charge is 0.273 e. The highest BCUT2D eigenvalue weighted by Gasteiger charge is 2.26. The molecule has 0 fully saturated rings. The largest absolute Gasteiger partial charge is 0.505 e. The molecule has 0 unspecified atom stereocenters. The van der Waals surface area contributed by atoms with Crippen molar-refractivity contribution in [1.82, 2.24) is 4.98 Å². The van der Waals surface area contributed by atoms with Gasteiger partial charge < -0.3 is 5.11 Å². The molecule has 0 spiro atoms. The molecule has 140 valence electrons. The van der Waals surface area contributed by atoms with E-state index >= 15 is 0 Å². The molecule has 2 heterocycles. The molecule has 0 radical (unpaired) electrons. The molecule has 4 nitrogen and oxygen atoms in total. The molecule has 0 saturated carbocycles. The molecule has 0 bridgehead atoms. The third-order valence-electron chi connectivity index (χ3n) is 4.62. The van der Waals surface area contributed by atoms with Gasteiger partial charge in [0.1, 0.15) is 17.3 Å². The van der Waals surface area contributed by atoms with Crippen molar-refractivity contribution in [2.45, 2.75) is 13.0 Å². The SMILES string of the molecule is Cc1cc[nH+]c(N[C@H](c2ccc(Cl)cc2Cl)c2ccc3cccnc3c2O)c1. The van der Waals surface area contributed by atoms with Crippen LogP contribution in [0.4, 0.5) is 5.82 Å². The van der Waals surface area contributed by atoms with Crippen LogP contribution in [0.25, 0.3) is 10.9 Å². The second-order valence-electron chi connectivity index (χ2n) is 6.60. The first kappa shape index (κ1) is 18.5. The average molecular weight is 411 g/mol. The summed E-state index contributed by atoms with van der Waals surface area (Å²) in [5.41, 5.74) is 3.12. The summed E-state index contributed by atoms with van der Waals surface area (Å²) < 4.78 is 0. The predicted octanol–water partition coefficient (Wildman–Crippen LogP) is 5.57. The number of nitrogens with one attached hydrogen (secondary N) is 2. The lowest BCUT2D eigenvalue weighted by Gasteiger charge is -2.19. The number of aromatic hydroxyl groups is 1. The molecule has 0 aliphatic heterocycles. The number of phenolic OH excluding ortho intramolecular Hbond substituents is 1. The highest BCUT2D eigenvalue weighted by molar-refractivity contribution is 6.35. The Labute approximate surface area is 172 Å². The summed E-state index contributed by atoms with van der Waals surface area (Å²) in [6.07, 6.45) is 3.53. The lowest BCUT2D eigenvalue weighted by Crippen LogP contribution is -2.19. The molecule has 2 aromatic carbocycles. The number of H-pyrrole nitrogens is 1. The Balaban J connectivity index is 1.88. The standard InChI is InChI=1S/C22H17Cl2N3O/c1-13-8-10-25-19(11-13)27-21(16-7-5-15(23)12-18(16)24)17-6-4-14-3-2-9-26-20(14)22(17)28/h2-12,21,28H,1H3,(H,25,27)/p+1/t21-/m1/s1. The van der Waals surface area contributed by atoms with E-state index in [9.17, 15) is 5.11 Å². The van der Waals surface area contributed by atoms with Crippen LogP contribution in [0.5, 0.6) is 5.75 Å². The average Bonchev–Trinajstić information content (AvgIpc) is 2.67. The molecule has 4 aromatic rings. The molecule has 28 heavy (non-hydrogen) atoms. The van der Waals surface area contributed by atoms with Crippen LogP contribution >= 0.6 is 23.2 Å².